The zero-order valence-corrected chi connectivity index (χ0v) is 11.1. The molecule has 94 valence electrons. The Labute approximate surface area is 111 Å². The van der Waals surface area contributed by atoms with Crippen LogP contribution in [0, 0.1) is 0 Å². The number of benzene rings is 1. The molecular formula is C14H15ClN2O. The van der Waals surface area contributed by atoms with Crippen LogP contribution in [0.4, 0.5) is 0 Å². The highest BCUT2D eigenvalue weighted by molar-refractivity contribution is 6.34. The van der Waals surface area contributed by atoms with Gasteiger partial charge in [0.15, 0.2) is 5.15 Å². The highest BCUT2D eigenvalue weighted by atomic mass is 35.5. The number of ether oxygens (including phenoxy) is 1. The van der Waals surface area contributed by atoms with Crippen molar-refractivity contribution in [1.82, 2.24) is 10.2 Å². The minimum Gasteiger partial charge on any atom is -0.497 e. The Morgan fingerprint density at radius 2 is 1.94 bits per heavy atom. The second-order valence-electron chi connectivity index (χ2n) is 4.77. The van der Waals surface area contributed by atoms with E-state index in [4.69, 9.17) is 16.3 Å². The van der Waals surface area contributed by atoms with Gasteiger partial charge in [0.25, 0.3) is 0 Å². The van der Waals surface area contributed by atoms with Crippen molar-refractivity contribution in [3.8, 4) is 5.75 Å². The molecule has 1 heterocycles. The van der Waals surface area contributed by atoms with Crippen LogP contribution in [0.1, 0.15) is 37.3 Å². The molecule has 0 radical (unpaired) electrons. The predicted molar refractivity (Wildman–Crippen MR) is 72.3 cm³/mol. The molecule has 18 heavy (non-hydrogen) atoms. The summed E-state index contributed by atoms with van der Waals surface area (Å²) in [6.45, 7) is 0. The van der Waals surface area contributed by atoms with Crippen molar-refractivity contribution in [3.63, 3.8) is 0 Å². The number of nitrogens with zero attached hydrogens (tertiary/aromatic N) is 2. The van der Waals surface area contributed by atoms with Crippen LogP contribution in [0.3, 0.4) is 0 Å². The van der Waals surface area contributed by atoms with Crippen LogP contribution < -0.4 is 4.74 Å². The molecular weight excluding hydrogens is 248 g/mol. The van der Waals surface area contributed by atoms with Crippen molar-refractivity contribution in [1.29, 1.82) is 0 Å². The third-order valence-corrected chi connectivity index (χ3v) is 3.99. The first kappa shape index (κ1) is 11.7. The summed E-state index contributed by atoms with van der Waals surface area (Å²) in [5.41, 5.74) is 1.09. The van der Waals surface area contributed by atoms with Gasteiger partial charge in [-0.1, -0.05) is 24.4 Å². The van der Waals surface area contributed by atoms with Gasteiger partial charge in [-0.3, -0.25) is 0 Å². The molecule has 1 aromatic heterocycles. The van der Waals surface area contributed by atoms with Crippen LogP contribution in [0.2, 0.25) is 5.15 Å². The van der Waals surface area contributed by atoms with E-state index >= 15 is 0 Å². The predicted octanol–water partition coefficient (Wildman–Crippen LogP) is 3.95. The zero-order valence-electron chi connectivity index (χ0n) is 10.3. The number of aromatic nitrogens is 2. The highest BCUT2D eigenvalue weighted by Crippen LogP contribution is 2.38. The Hall–Kier alpha value is -1.35. The molecule has 3 nitrogen and oxygen atoms in total. The molecule has 0 amide bonds. The van der Waals surface area contributed by atoms with Gasteiger partial charge >= 0.3 is 0 Å². The number of hydrogen-bond donors (Lipinski definition) is 0. The second-order valence-corrected chi connectivity index (χ2v) is 5.13. The molecule has 1 saturated carbocycles. The summed E-state index contributed by atoms with van der Waals surface area (Å²) in [4.78, 5) is 0. The van der Waals surface area contributed by atoms with Crippen molar-refractivity contribution < 1.29 is 4.74 Å². The van der Waals surface area contributed by atoms with E-state index in [2.05, 4.69) is 10.2 Å². The van der Waals surface area contributed by atoms with E-state index in [1.807, 2.05) is 18.2 Å². The molecule has 1 aromatic carbocycles. The van der Waals surface area contributed by atoms with Gasteiger partial charge in [0.05, 0.1) is 12.8 Å². The van der Waals surface area contributed by atoms with Gasteiger partial charge in [0.2, 0.25) is 0 Å². The smallest absolute Gasteiger partial charge is 0.159 e. The highest BCUT2D eigenvalue weighted by Gasteiger charge is 2.22. The van der Waals surface area contributed by atoms with Crippen LogP contribution in [0.5, 0.6) is 5.75 Å². The summed E-state index contributed by atoms with van der Waals surface area (Å²) in [6.07, 6.45) is 4.98. The minimum atomic E-state index is 0.450. The largest absolute Gasteiger partial charge is 0.497 e. The van der Waals surface area contributed by atoms with Crippen LogP contribution in [0.15, 0.2) is 18.2 Å². The van der Waals surface area contributed by atoms with Crippen molar-refractivity contribution in [2.24, 2.45) is 0 Å². The lowest BCUT2D eigenvalue weighted by molar-refractivity contribution is 0.415. The Morgan fingerprint density at radius 1 is 1.17 bits per heavy atom. The van der Waals surface area contributed by atoms with Crippen LogP contribution in [-0.2, 0) is 0 Å². The molecule has 1 fully saturated rings. The lowest BCUT2D eigenvalue weighted by atomic mass is 9.98. The maximum Gasteiger partial charge on any atom is 0.159 e. The fourth-order valence-electron chi connectivity index (χ4n) is 2.75. The van der Waals surface area contributed by atoms with E-state index in [1.165, 1.54) is 25.7 Å². The average Bonchev–Trinajstić information content (AvgIpc) is 2.93. The van der Waals surface area contributed by atoms with Gasteiger partial charge < -0.3 is 4.74 Å². The lowest BCUT2D eigenvalue weighted by Crippen LogP contribution is -2.00. The molecule has 0 spiro atoms. The third kappa shape index (κ3) is 1.93. The van der Waals surface area contributed by atoms with Gasteiger partial charge in [-0.15, -0.1) is 5.10 Å². The van der Waals surface area contributed by atoms with E-state index in [9.17, 15) is 0 Å². The number of halogens is 1. The van der Waals surface area contributed by atoms with E-state index in [0.717, 1.165) is 22.2 Å². The first-order chi connectivity index (χ1) is 8.79. The first-order valence-corrected chi connectivity index (χ1v) is 6.67. The minimum absolute atomic E-state index is 0.450. The molecule has 0 unspecified atom stereocenters. The summed E-state index contributed by atoms with van der Waals surface area (Å²) in [7, 11) is 1.65. The van der Waals surface area contributed by atoms with Gasteiger partial charge in [0.1, 0.15) is 5.75 Å². The fourth-order valence-corrected chi connectivity index (χ4v) is 2.94. The number of fused-ring (bicyclic) bond motifs is 1. The Morgan fingerprint density at radius 3 is 2.67 bits per heavy atom. The monoisotopic (exact) mass is 262 g/mol. The van der Waals surface area contributed by atoms with E-state index < -0.39 is 0 Å². The van der Waals surface area contributed by atoms with Gasteiger partial charge in [-0.25, -0.2) is 0 Å². The molecule has 3 rings (SSSR count). The number of methoxy groups -OCH3 is 1. The SMILES string of the molecule is COc1ccc2c(C3CCCC3)nnc(Cl)c2c1. The maximum absolute atomic E-state index is 6.14. The first-order valence-electron chi connectivity index (χ1n) is 6.29. The van der Waals surface area contributed by atoms with E-state index in [-0.39, 0.29) is 0 Å². The molecule has 1 aliphatic carbocycles. The Kier molecular flexibility index (Phi) is 3.08. The molecule has 0 N–H and O–H groups in total. The topological polar surface area (TPSA) is 35.0 Å². The molecule has 0 bridgehead atoms. The molecule has 0 atom stereocenters. The Balaban J connectivity index is 2.18. The van der Waals surface area contributed by atoms with Crippen LogP contribution in [0.25, 0.3) is 10.8 Å². The Bertz CT molecular complexity index is 579. The average molecular weight is 263 g/mol. The van der Waals surface area contributed by atoms with Crippen molar-refractivity contribution in [3.05, 3.63) is 29.0 Å². The number of rotatable bonds is 2. The quantitative estimate of drug-likeness (QED) is 0.822. The van der Waals surface area contributed by atoms with Gasteiger partial charge in [0, 0.05) is 16.7 Å². The standard InChI is InChI=1S/C14H15ClN2O/c1-18-10-6-7-11-12(8-10)14(15)17-16-13(11)9-4-2-3-5-9/h6-9H,2-5H2,1H3. The third-order valence-electron chi connectivity index (χ3n) is 3.71. The summed E-state index contributed by atoms with van der Waals surface area (Å²) in [6, 6.07) is 5.94. The normalized spacial score (nSPS) is 16.3. The summed E-state index contributed by atoms with van der Waals surface area (Å²) >= 11 is 6.14. The second kappa shape index (κ2) is 4.73. The molecule has 4 heteroatoms. The lowest BCUT2D eigenvalue weighted by Gasteiger charge is -2.12. The number of hydrogen-bond acceptors (Lipinski definition) is 3. The summed E-state index contributed by atoms with van der Waals surface area (Å²) in [5, 5.41) is 10.9. The van der Waals surface area contributed by atoms with Gasteiger partial charge in [-0.2, -0.15) is 5.10 Å². The van der Waals surface area contributed by atoms with Crippen molar-refractivity contribution in [2.75, 3.05) is 7.11 Å². The molecule has 0 aliphatic heterocycles. The zero-order chi connectivity index (χ0) is 12.5. The summed E-state index contributed by atoms with van der Waals surface area (Å²) in [5.74, 6) is 1.33. The molecule has 2 aromatic rings. The van der Waals surface area contributed by atoms with Gasteiger partial charge in [-0.05, 0) is 31.0 Å². The maximum atomic E-state index is 6.14. The van der Waals surface area contributed by atoms with Crippen LogP contribution >= 0.6 is 11.6 Å². The fraction of sp³-hybridized carbons (Fsp3) is 0.429. The molecule has 0 saturated heterocycles. The molecule has 1 aliphatic rings. The van der Waals surface area contributed by atoms with E-state index in [0.29, 0.717) is 11.1 Å². The van der Waals surface area contributed by atoms with Crippen molar-refractivity contribution >= 4 is 22.4 Å². The van der Waals surface area contributed by atoms with Crippen LogP contribution in [-0.4, -0.2) is 17.3 Å². The van der Waals surface area contributed by atoms with Crippen molar-refractivity contribution in [2.45, 2.75) is 31.6 Å². The summed E-state index contributed by atoms with van der Waals surface area (Å²) < 4.78 is 5.24. The van der Waals surface area contributed by atoms with E-state index in [1.54, 1.807) is 7.11 Å².